The maximum Gasteiger partial charge on any atom is 0.224 e. The first kappa shape index (κ1) is 20.5. The van der Waals surface area contributed by atoms with Crippen molar-refractivity contribution >= 4 is 29.1 Å². The molecule has 140 valence electrons. The van der Waals surface area contributed by atoms with E-state index in [2.05, 4.69) is 24.3 Å². The highest BCUT2D eigenvalue weighted by molar-refractivity contribution is 6.42. The molecule has 1 aromatic carbocycles. The Morgan fingerprint density at radius 1 is 1.32 bits per heavy atom. The zero-order valence-electron chi connectivity index (χ0n) is 14.9. The normalized spacial score (nSPS) is 23.7. The van der Waals surface area contributed by atoms with Gasteiger partial charge in [0.05, 0.1) is 22.6 Å². The topological polar surface area (TPSA) is 50.8 Å². The van der Waals surface area contributed by atoms with Crippen molar-refractivity contribution in [3.8, 4) is 0 Å². The van der Waals surface area contributed by atoms with E-state index in [1.54, 1.807) is 19.2 Å². The Morgan fingerprint density at radius 2 is 2.08 bits per heavy atom. The smallest absolute Gasteiger partial charge is 0.224 e. The van der Waals surface area contributed by atoms with E-state index in [4.69, 9.17) is 32.7 Å². The van der Waals surface area contributed by atoms with Crippen LogP contribution in [0.15, 0.2) is 18.2 Å². The molecule has 0 radical (unpaired) electrons. The third-order valence-electron chi connectivity index (χ3n) is 4.47. The zero-order valence-corrected chi connectivity index (χ0v) is 16.4. The molecule has 1 amide bonds. The van der Waals surface area contributed by atoms with Crippen LogP contribution in [0.1, 0.15) is 24.8 Å². The minimum absolute atomic E-state index is 0.0401. The summed E-state index contributed by atoms with van der Waals surface area (Å²) in [4.78, 5) is 14.3. The molecule has 5 nitrogen and oxygen atoms in total. The molecule has 1 aliphatic heterocycles. The first-order chi connectivity index (χ1) is 11.9. The number of ether oxygens (including phenoxy) is 2. The number of methoxy groups -OCH3 is 1. The maximum atomic E-state index is 12.1. The summed E-state index contributed by atoms with van der Waals surface area (Å²) in [5.41, 5.74) is 0.841. The van der Waals surface area contributed by atoms with E-state index < -0.39 is 0 Å². The van der Waals surface area contributed by atoms with Crippen LogP contribution in [0.5, 0.6) is 0 Å². The standard InChI is InChI=1S/C18H26Cl2N2O3/c1-22(2)13-10-14(25-18(11-13)24-3)6-7-21-17(23)9-12-4-5-15(19)16(20)8-12/h4-5,8,13-14,18H,6-7,9-11H2,1-3H3,(H,21,23)/t13-,14+,18+/m0/s1. The van der Waals surface area contributed by atoms with Gasteiger partial charge in [-0.15, -0.1) is 0 Å². The Labute approximate surface area is 159 Å². The number of amides is 1. The van der Waals surface area contributed by atoms with Gasteiger partial charge in [0.2, 0.25) is 5.91 Å². The molecule has 3 atom stereocenters. The van der Waals surface area contributed by atoms with Crippen molar-refractivity contribution in [2.24, 2.45) is 0 Å². The Morgan fingerprint density at radius 3 is 2.72 bits per heavy atom. The Balaban J connectivity index is 1.77. The highest BCUT2D eigenvalue weighted by Crippen LogP contribution is 2.25. The molecule has 1 aliphatic rings. The summed E-state index contributed by atoms with van der Waals surface area (Å²) in [5, 5.41) is 3.89. The minimum atomic E-state index is -0.182. The fourth-order valence-corrected chi connectivity index (χ4v) is 3.30. The summed E-state index contributed by atoms with van der Waals surface area (Å²) in [5.74, 6) is -0.0401. The van der Waals surface area contributed by atoms with Gasteiger partial charge in [0.1, 0.15) is 0 Å². The molecule has 1 saturated heterocycles. The minimum Gasteiger partial charge on any atom is -0.356 e. The molecule has 2 rings (SSSR count). The van der Waals surface area contributed by atoms with Gasteiger partial charge < -0.3 is 19.7 Å². The monoisotopic (exact) mass is 388 g/mol. The highest BCUT2D eigenvalue weighted by atomic mass is 35.5. The van der Waals surface area contributed by atoms with Crippen molar-refractivity contribution in [1.29, 1.82) is 0 Å². The number of hydrogen-bond donors (Lipinski definition) is 1. The molecule has 0 aliphatic carbocycles. The van der Waals surface area contributed by atoms with Gasteiger partial charge in [0.15, 0.2) is 6.29 Å². The molecular formula is C18H26Cl2N2O3. The van der Waals surface area contributed by atoms with Crippen molar-refractivity contribution < 1.29 is 14.3 Å². The second-order valence-corrected chi connectivity index (χ2v) is 7.39. The number of nitrogens with one attached hydrogen (secondary N) is 1. The quantitative estimate of drug-likeness (QED) is 0.779. The number of carbonyl (C=O) groups excluding carboxylic acids is 1. The molecule has 0 spiro atoms. The summed E-state index contributed by atoms with van der Waals surface area (Å²) in [7, 11) is 5.80. The van der Waals surface area contributed by atoms with Gasteiger partial charge >= 0.3 is 0 Å². The molecule has 1 N–H and O–H groups in total. The molecular weight excluding hydrogens is 363 g/mol. The maximum absolute atomic E-state index is 12.1. The lowest BCUT2D eigenvalue weighted by Crippen LogP contribution is -2.44. The number of hydrogen-bond acceptors (Lipinski definition) is 4. The van der Waals surface area contributed by atoms with Crippen LogP contribution in [-0.2, 0) is 20.7 Å². The Bertz CT molecular complexity index is 583. The fraction of sp³-hybridized carbons (Fsp3) is 0.611. The van der Waals surface area contributed by atoms with Crippen LogP contribution in [0.4, 0.5) is 0 Å². The molecule has 1 heterocycles. The third kappa shape index (κ3) is 6.42. The van der Waals surface area contributed by atoms with Gasteiger partial charge in [-0.05, 0) is 44.6 Å². The number of carbonyl (C=O) groups is 1. The van der Waals surface area contributed by atoms with E-state index in [0.717, 1.165) is 24.8 Å². The summed E-state index contributed by atoms with van der Waals surface area (Å²) >= 11 is 11.9. The Kier molecular flexibility index (Phi) is 7.97. The summed E-state index contributed by atoms with van der Waals surface area (Å²) in [6.07, 6.45) is 2.74. The van der Waals surface area contributed by atoms with Crippen LogP contribution in [0.25, 0.3) is 0 Å². The SMILES string of the molecule is CO[C@H]1C[C@@H](N(C)C)C[C@@H](CCNC(=O)Cc2ccc(Cl)c(Cl)c2)O1. The van der Waals surface area contributed by atoms with E-state index in [-0.39, 0.29) is 24.7 Å². The first-order valence-electron chi connectivity index (χ1n) is 8.44. The second-order valence-electron chi connectivity index (χ2n) is 6.58. The molecule has 1 aromatic rings. The van der Waals surface area contributed by atoms with Crippen LogP contribution >= 0.6 is 23.2 Å². The molecule has 25 heavy (non-hydrogen) atoms. The van der Waals surface area contributed by atoms with Crippen molar-refractivity contribution in [3.63, 3.8) is 0 Å². The van der Waals surface area contributed by atoms with Gasteiger partial charge in [0.25, 0.3) is 0 Å². The number of benzene rings is 1. The largest absolute Gasteiger partial charge is 0.356 e. The van der Waals surface area contributed by atoms with E-state index in [1.165, 1.54) is 0 Å². The van der Waals surface area contributed by atoms with Crippen LogP contribution in [0, 0.1) is 0 Å². The first-order valence-corrected chi connectivity index (χ1v) is 9.20. The number of rotatable bonds is 7. The summed E-state index contributed by atoms with van der Waals surface area (Å²) in [6.45, 7) is 0.571. The third-order valence-corrected chi connectivity index (χ3v) is 5.21. The lowest BCUT2D eigenvalue weighted by atomic mass is 9.99. The van der Waals surface area contributed by atoms with Crippen molar-refractivity contribution in [2.45, 2.75) is 44.1 Å². The van der Waals surface area contributed by atoms with Crippen molar-refractivity contribution in [3.05, 3.63) is 33.8 Å². The van der Waals surface area contributed by atoms with Crippen molar-refractivity contribution in [1.82, 2.24) is 10.2 Å². The van der Waals surface area contributed by atoms with Crippen LogP contribution in [0.3, 0.4) is 0 Å². The van der Waals surface area contributed by atoms with Gasteiger partial charge in [0, 0.05) is 26.1 Å². The Hall–Kier alpha value is -0.850. The fourth-order valence-electron chi connectivity index (χ4n) is 2.98. The lowest BCUT2D eigenvalue weighted by Gasteiger charge is -2.37. The molecule has 0 saturated carbocycles. The van der Waals surface area contributed by atoms with Gasteiger partial charge in [-0.2, -0.15) is 0 Å². The van der Waals surface area contributed by atoms with E-state index in [1.807, 2.05) is 6.07 Å². The van der Waals surface area contributed by atoms with Gasteiger partial charge in [-0.25, -0.2) is 0 Å². The number of halogens is 2. The molecule has 0 aromatic heterocycles. The van der Waals surface area contributed by atoms with Crippen LogP contribution in [-0.4, -0.2) is 57.0 Å². The van der Waals surface area contributed by atoms with Crippen molar-refractivity contribution in [2.75, 3.05) is 27.7 Å². The van der Waals surface area contributed by atoms with E-state index in [9.17, 15) is 4.79 Å². The van der Waals surface area contributed by atoms with E-state index in [0.29, 0.717) is 22.6 Å². The zero-order chi connectivity index (χ0) is 18.4. The number of nitrogens with zero attached hydrogens (tertiary/aromatic N) is 1. The predicted octanol–water partition coefficient (Wildman–Crippen LogP) is 3.12. The molecule has 1 fully saturated rings. The molecule has 0 bridgehead atoms. The van der Waals surface area contributed by atoms with Crippen LogP contribution in [0.2, 0.25) is 10.0 Å². The summed E-state index contributed by atoms with van der Waals surface area (Å²) < 4.78 is 11.3. The molecule has 0 unspecified atom stereocenters. The predicted molar refractivity (Wildman–Crippen MR) is 100 cm³/mol. The summed E-state index contributed by atoms with van der Waals surface area (Å²) in [6, 6.07) is 5.66. The lowest BCUT2D eigenvalue weighted by molar-refractivity contribution is -0.194. The second kappa shape index (κ2) is 9.74. The van der Waals surface area contributed by atoms with Gasteiger partial charge in [-0.3, -0.25) is 4.79 Å². The highest BCUT2D eigenvalue weighted by Gasteiger charge is 2.30. The molecule has 7 heteroatoms. The van der Waals surface area contributed by atoms with E-state index >= 15 is 0 Å². The average Bonchev–Trinajstić information content (AvgIpc) is 2.57. The van der Waals surface area contributed by atoms with Crippen LogP contribution < -0.4 is 5.32 Å². The average molecular weight is 389 g/mol. The van der Waals surface area contributed by atoms with Gasteiger partial charge in [-0.1, -0.05) is 29.3 Å².